The van der Waals surface area contributed by atoms with Gasteiger partial charge in [-0.15, -0.1) is 0 Å². The van der Waals surface area contributed by atoms with Crippen LogP contribution in [-0.4, -0.2) is 31.1 Å². The number of hydrogen-bond acceptors (Lipinski definition) is 6. The summed E-state index contributed by atoms with van der Waals surface area (Å²) in [5.41, 5.74) is 1.45. The third-order valence-electron chi connectivity index (χ3n) is 3.30. The Morgan fingerprint density at radius 1 is 0.960 bits per heavy atom. The predicted octanol–water partition coefficient (Wildman–Crippen LogP) is -0.0122. The van der Waals surface area contributed by atoms with Gasteiger partial charge in [-0.1, -0.05) is 0 Å². The molecule has 25 heavy (non-hydrogen) atoms. The van der Waals surface area contributed by atoms with E-state index in [-0.39, 0.29) is 9.35 Å². The van der Waals surface area contributed by atoms with Crippen molar-refractivity contribution in [3.63, 3.8) is 0 Å². The summed E-state index contributed by atoms with van der Waals surface area (Å²) in [6.07, 6.45) is -0.613. The molecule has 0 unspecified atom stereocenters. The summed E-state index contributed by atoms with van der Waals surface area (Å²) >= 11 is -1.29. The van der Waals surface area contributed by atoms with Crippen molar-refractivity contribution in [2.75, 3.05) is 21.3 Å². The van der Waals surface area contributed by atoms with E-state index in [1.165, 1.54) is 21.3 Å². The number of hydrogen-bond donors (Lipinski definition) is 0. The van der Waals surface area contributed by atoms with Crippen LogP contribution in [0.2, 0.25) is 0 Å². The van der Waals surface area contributed by atoms with Gasteiger partial charge in [-0.05, 0) is 0 Å². The molecule has 0 aliphatic rings. The predicted molar refractivity (Wildman–Crippen MR) is 85.9 cm³/mol. The minimum absolute atomic E-state index is 0.0778. The number of rotatable bonds is 8. The van der Waals surface area contributed by atoms with Crippen molar-refractivity contribution in [2.24, 2.45) is 0 Å². The fourth-order valence-electron chi connectivity index (χ4n) is 2.09. The molecule has 0 heterocycles. The van der Waals surface area contributed by atoms with Gasteiger partial charge >= 0.3 is 157 Å². The van der Waals surface area contributed by atoms with Crippen LogP contribution in [0.15, 0.2) is 48.5 Å². The third-order valence-corrected chi connectivity index (χ3v) is 5.02. The first-order chi connectivity index (χ1) is 12.1. The average Bonchev–Trinajstić information content (AvgIpc) is 2.67. The zero-order chi connectivity index (χ0) is 18.2. The normalized spacial score (nSPS) is 10.7. The van der Waals surface area contributed by atoms with Crippen LogP contribution in [0.5, 0.6) is 5.75 Å². The van der Waals surface area contributed by atoms with Crippen LogP contribution < -0.4 is 24.7 Å². The number of carbonyl (C=O) groups is 2. The number of carbonyl (C=O) groups excluding carboxylic acids is 2. The van der Waals surface area contributed by atoms with Gasteiger partial charge < -0.3 is 0 Å². The molecule has 2 aromatic rings. The maximum atomic E-state index is 12.2. The van der Waals surface area contributed by atoms with Crippen molar-refractivity contribution in [2.45, 2.75) is 6.29 Å². The first kappa shape index (κ1) is 19.4. The van der Waals surface area contributed by atoms with E-state index >= 15 is 0 Å². The SMILES string of the molecule is COC(=O)c1cc(C(OC)OC)ccc1O[I-]C(=O)c1ccccc1. The number of ether oxygens (including phenoxy) is 3. The van der Waals surface area contributed by atoms with Gasteiger partial charge in [0.15, 0.2) is 0 Å². The fourth-order valence-corrected chi connectivity index (χ4v) is 3.52. The molecule has 2 rings (SSSR count). The Morgan fingerprint density at radius 2 is 1.64 bits per heavy atom. The number of halogens is 1. The standard InChI is InChI=1S/C18H18IO6/c1-22-17(21)14-11-13(18(23-2)24-3)9-10-15(14)25-19-16(20)12-7-5-4-6-8-12/h4-11,18H,1-3H3/q-1. The van der Waals surface area contributed by atoms with Crippen LogP contribution in [-0.2, 0) is 14.2 Å². The molecule has 134 valence electrons. The summed E-state index contributed by atoms with van der Waals surface area (Å²) in [6, 6.07) is 13.8. The van der Waals surface area contributed by atoms with Crippen molar-refractivity contribution in [1.29, 1.82) is 0 Å². The summed E-state index contributed by atoms with van der Waals surface area (Å²) in [7, 11) is 4.29. The Morgan fingerprint density at radius 3 is 2.24 bits per heavy atom. The molecule has 0 N–H and O–H groups in total. The summed E-state index contributed by atoms with van der Waals surface area (Å²) < 4.78 is 20.8. The summed E-state index contributed by atoms with van der Waals surface area (Å²) in [6.45, 7) is 0. The Labute approximate surface area is 156 Å². The zero-order valence-electron chi connectivity index (χ0n) is 14.0. The molecule has 0 aliphatic carbocycles. The molecular weight excluding hydrogens is 439 g/mol. The summed E-state index contributed by atoms with van der Waals surface area (Å²) in [5, 5.41) is 0. The molecule has 6 nitrogen and oxygen atoms in total. The van der Waals surface area contributed by atoms with Crippen molar-refractivity contribution >= 4 is 9.76 Å². The van der Waals surface area contributed by atoms with E-state index < -0.39 is 33.9 Å². The molecule has 0 aliphatic heterocycles. The van der Waals surface area contributed by atoms with E-state index in [0.29, 0.717) is 16.9 Å². The van der Waals surface area contributed by atoms with Gasteiger partial charge in [-0.2, -0.15) is 0 Å². The molecule has 0 aromatic heterocycles. The third kappa shape index (κ3) is 5.00. The quantitative estimate of drug-likeness (QED) is 0.241. The first-order valence-electron chi connectivity index (χ1n) is 7.29. The molecule has 0 saturated carbocycles. The molecular formula is C18H18IO6-. The molecule has 0 bridgehead atoms. The average molecular weight is 457 g/mol. The molecule has 0 amide bonds. The van der Waals surface area contributed by atoms with Crippen LogP contribution >= 0.6 is 0 Å². The van der Waals surface area contributed by atoms with Gasteiger partial charge in [0, 0.05) is 0 Å². The number of esters is 1. The molecule has 7 heteroatoms. The van der Waals surface area contributed by atoms with Crippen LogP contribution in [0.4, 0.5) is 0 Å². The summed E-state index contributed by atoms with van der Waals surface area (Å²) in [5.74, 6) is -0.252. The van der Waals surface area contributed by atoms with E-state index in [9.17, 15) is 9.59 Å². The van der Waals surface area contributed by atoms with Gasteiger partial charge in [0.05, 0.1) is 0 Å². The van der Waals surface area contributed by atoms with E-state index in [1.54, 1.807) is 42.5 Å². The molecule has 0 spiro atoms. The van der Waals surface area contributed by atoms with Crippen molar-refractivity contribution in [3.8, 4) is 5.75 Å². The van der Waals surface area contributed by atoms with Crippen molar-refractivity contribution in [1.82, 2.24) is 0 Å². The molecule has 0 saturated heterocycles. The Hall–Kier alpha value is -1.97. The maximum absolute atomic E-state index is 12.2. The van der Waals surface area contributed by atoms with Gasteiger partial charge in [0.1, 0.15) is 0 Å². The second kappa shape index (κ2) is 9.50. The Balaban J connectivity index is 2.21. The van der Waals surface area contributed by atoms with Crippen LogP contribution in [0.3, 0.4) is 0 Å². The van der Waals surface area contributed by atoms with E-state index in [2.05, 4.69) is 0 Å². The fraction of sp³-hybridized carbons (Fsp3) is 0.222. The van der Waals surface area contributed by atoms with Gasteiger partial charge in [0.2, 0.25) is 0 Å². The Kier molecular flexibility index (Phi) is 7.35. The van der Waals surface area contributed by atoms with Gasteiger partial charge in [-0.25, -0.2) is 0 Å². The zero-order valence-corrected chi connectivity index (χ0v) is 16.2. The molecule has 0 radical (unpaired) electrons. The number of methoxy groups -OCH3 is 3. The molecule has 0 fully saturated rings. The van der Waals surface area contributed by atoms with Crippen molar-refractivity contribution < 1.29 is 48.5 Å². The minimum atomic E-state index is -1.29. The molecule has 2 aromatic carbocycles. The topological polar surface area (TPSA) is 71.1 Å². The number of benzene rings is 2. The Bertz CT molecular complexity index is 728. The molecule has 0 atom stereocenters. The first-order valence-corrected chi connectivity index (χ1v) is 9.25. The van der Waals surface area contributed by atoms with Crippen LogP contribution in [0.1, 0.15) is 32.6 Å². The summed E-state index contributed by atoms with van der Waals surface area (Å²) in [4.78, 5) is 24.2. The van der Waals surface area contributed by atoms with E-state index in [4.69, 9.17) is 17.3 Å². The second-order valence-electron chi connectivity index (χ2n) is 4.84. The van der Waals surface area contributed by atoms with Gasteiger partial charge in [-0.3, -0.25) is 0 Å². The second-order valence-corrected chi connectivity index (χ2v) is 6.71. The van der Waals surface area contributed by atoms with E-state index in [0.717, 1.165) is 0 Å². The van der Waals surface area contributed by atoms with Crippen LogP contribution in [0.25, 0.3) is 0 Å². The van der Waals surface area contributed by atoms with Crippen LogP contribution in [0, 0.1) is 0 Å². The van der Waals surface area contributed by atoms with Crippen molar-refractivity contribution in [3.05, 3.63) is 65.2 Å². The monoisotopic (exact) mass is 457 g/mol. The van der Waals surface area contributed by atoms with E-state index in [1.807, 2.05) is 6.07 Å². The van der Waals surface area contributed by atoms with Gasteiger partial charge in [0.25, 0.3) is 0 Å².